The second-order valence-electron chi connectivity index (χ2n) is 2.17. The van der Waals surface area contributed by atoms with Crippen LogP contribution in [-0.2, 0) is 0 Å². The lowest BCUT2D eigenvalue weighted by Crippen LogP contribution is -2.28. The molecule has 0 aromatic rings. The molecule has 1 aliphatic heterocycles. The van der Waals surface area contributed by atoms with Gasteiger partial charge < -0.3 is 4.90 Å². The molecule has 2 heteroatoms. The third kappa shape index (κ3) is 1.49. The molecular formula is C6H10ClN. The van der Waals surface area contributed by atoms with Gasteiger partial charge in [-0.15, -0.1) is 11.6 Å². The molecule has 0 fully saturated rings. The molecule has 1 nitrogen and oxygen atoms in total. The van der Waals surface area contributed by atoms with Crippen molar-refractivity contribution in [2.45, 2.75) is 5.38 Å². The minimum Gasteiger partial charge on any atom is -0.301 e. The molecule has 1 atom stereocenters. The van der Waals surface area contributed by atoms with Gasteiger partial charge in [0.2, 0.25) is 0 Å². The van der Waals surface area contributed by atoms with Gasteiger partial charge in [-0.25, -0.2) is 0 Å². The van der Waals surface area contributed by atoms with Crippen molar-refractivity contribution in [3.8, 4) is 0 Å². The maximum atomic E-state index is 5.78. The van der Waals surface area contributed by atoms with E-state index in [9.17, 15) is 0 Å². The maximum absolute atomic E-state index is 5.78. The highest BCUT2D eigenvalue weighted by atomic mass is 35.5. The molecule has 0 saturated heterocycles. The number of nitrogens with zero attached hydrogens (tertiary/aromatic N) is 1. The molecule has 1 heterocycles. The maximum Gasteiger partial charge on any atom is 0.0643 e. The van der Waals surface area contributed by atoms with Crippen molar-refractivity contribution in [1.82, 2.24) is 4.90 Å². The number of hydrogen-bond donors (Lipinski definition) is 0. The Bertz CT molecular complexity index is 101. The average Bonchev–Trinajstić information content (AvgIpc) is 1.64. The first-order valence-corrected chi connectivity index (χ1v) is 3.22. The van der Waals surface area contributed by atoms with Crippen LogP contribution in [0.2, 0.25) is 0 Å². The number of rotatable bonds is 0. The van der Waals surface area contributed by atoms with E-state index in [1.165, 1.54) is 0 Å². The van der Waals surface area contributed by atoms with Gasteiger partial charge in [-0.05, 0) is 7.05 Å². The summed E-state index contributed by atoms with van der Waals surface area (Å²) in [6.07, 6.45) is 4.14. The van der Waals surface area contributed by atoms with Crippen LogP contribution in [0.15, 0.2) is 12.2 Å². The van der Waals surface area contributed by atoms with E-state index in [2.05, 4.69) is 18.0 Å². The van der Waals surface area contributed by atoms with Gasteiger partial charge in [0.25, 0.3) is 0 Å². The van der Waals surface area contributed by atoms with E-state index in [1.807, 2.05) is 6.08 Å². The quantitative estimate of drug-likeness (QED) is 0.352. The molecule has 0 aromatic heterocycles. The molecule has 0 spiro atoms. The third-order valence-corrected chi connectivity index (χ3v) is 1.53. The Balaban J connectivity index is 2.42. The zero-order valence-corrected chi connectivity index (χ0v) is 5.73. The lowest BCUT2D eigenvalue weighted by molar-refractivity contribution is 0.368. The van der Waals surface area contributed by atoms with E-state index in [-0.39, 0.29) is 5.38 Å². The molecule has 0 bridgehead atoms. The van der Waals surface area contributed by atoms with E-state index in [0.717, 1.165) is 13.1 Å². The van der Waals surface area contributed by atoms with Gasteiger partial charge in [0.15, 0.2) is 0 Å². The summed E-state index contributed by atoms with van der Waals surface area (Å²) in [6, 6.07) is 0. The topological polar surface area (TPSA) is 3.24 Å². The normalized spacial score (nSPS) is 31.0. The summed E-state index contributed by atoms with van der Waals surface area (Å²) in [5, 5.41) is 0.230. The minimum absolute atomic E-state index is 0.230. The number of hydrogen-bond acceptors (Lipinski definition) is 1. The average molecular weight is 132 g/mol. The number of halogens is 1. The minimum atomic E-state index is 0.230. The lowest BCUT2D eigenvalue weighted by Gasteiger charge is -2.20. The first-order valence-electron chi connectivity index (χ1n) is 2.78. The van der Waals surface area contributed by atoms with E-state index in [0.29, 0.717) is 0 Å². The summed E-state index contributed by atoms with van der Waals surface area (Å²) in [5.74, 6) is 0. The fraction of sp³-hybridized carbons (Fsp3) is 0.667. The summed E-state index contributed by atoms with van der Waals surface area (Å²) < 4.78 is 0. The van der Waals surface area contributed by atoms with Crippen molar-refractivity contribution < 1.29 is 0 Å². The molecule has 1 aliphatic rings. The van der Waals surface area contributed by atoms with Crippen molar-refractivity contribution in [3.05, 3.63) is 12.2 Å². The first-order chi connectivity index (χ1) is 3.79. The molecule has 0 N–H and O–H groups in total. The SMILES string of the molecule is CN1CC=C[C@@H](Cl)C1. The Labute approximate surface area is 54.9 Å². The highest BCUT2D eigenvalue weighted by molar-refractivity contribution is 6.22. The second-order valence-corrected chi connectivity index (χ2v) is 2.73. The molecule has 0 radical (unpaired) electrons. The van der Waals surface area contributed by atoms with Crippen LogP contribution in [-0.4, -0.2) is 30.4 Å². The van der Waals surface area contributed by atoms with Crippen LogP contribution in [0.5, 0.6) is 0 Å². The zero-order valence-electron chi connectivity index (χ0n) is 4.97. The predicted molar refractivity (Wildman–Crippen MR) is 36.3 cm³/mol. The fourth-order valence-corrected chi connectivity index (χ4v) is 1.16. The Morgan fingerprint density at radius 3 is 2.88 bits per heavy atom. The Kier molecular flexibility index (Phi) is 1.92. The monoisotopic (exact) mass is 131 g/mol. The molecule has 0 unspecified atom stereocenters. The van der Waals surface area contributed by atoms with Crippen molar-refractivity contribution in [3.63, 3.8) is 0 Å². The van der Waals surface area contributed by atoms with Crippen LogP contribution in [0.4, 0.5) is 0 Å². The van der Waals surface area contributed by atoms with Crippen molar-refractivity contribution >= 4 is 11.6 Å². The van der Waals surface area contributed by atoms with E-state index < -0.39 is 0 Å². The zero-order chi connectivity index (χ0) is 5.98. The fourth-order valence-electron chi connectivity index (χ4n) is 0.822. The van der Waals surface area contributed by atoms with Crippen LogP contribution in [0.3, 0.4) is 0 Å². The van der Waals surface area contributed by atoms with Crippen LogP contribution < -0.4 is 0 Å². The summed E-state index contributed by atoms with van der Waals surface area (Å²) in [4.78, 5) is 2.19. The van der Waals surface area contributed by atoms with Gasteiger partial charge in [-0.1, -0.05) is 12.2 Å². The Morgan fingerprint density at radius 2 is 2.50 bits per heavy atom. The largest absolute Gasteiger partial charge is 0.301 e. The van der Waals surface area contributed by atoms with Crippen molar-refractivity contribution in [2.75, 3.05) is 20.1 Å². The Hall–Kier alpha value is -0.0100. The van der Waals surface area contributed by atoms with Gasteiger partial charge in [0.1, 0.15) is 0 Å². The van der Waals surface area contributed by atoms with Crippen LogP contribution in [0.1, 0.15) is 0 Å². The van der Waals surface area contributed by atoms with Crippen LogP contribution in [0, 0.1) is 0 Å². The smallest absolute Gasteiger partial charge is 0.0643 e. The molecular weight excluding hydrogens is 122 g/mol. The van der Waals surface area contributed by atoms with Crippen LogP contribution >= 0.6 is 11.6 Å². The van der Waals surface area contributed by atoms with Gasteiger partial charge in [0.05, 0.1) is 5.38 Å². The second kappa shape index (κ2) is 2.51. The summed E-state index contributed by atoms with van der Waals surface area (Å²) in [5.41, 5.74) is 0. The van der Waals surface area contributed by atoms with Gasteiger partial charge in [0, 0.05) is 13.1 Å². The summed E-state index contributed by atoms with van der Waals surface area (Å²) in [7, 11) is 2.07. The molecule has 46 valence electrons. The Morgan fingerprint density at radius 1 is 1.75 bits per heavy atom. The third-order valence-electron chi connectivity index (χ3n) is 1.25. The van der Waals surface area contributed by atoms with E-state index in [1.54, 1.807) is 0 Å². The number of likely N-dealkylation sites (N-methyl/N-ethyl adjacent to an activating group) is 1. The van der Waals surface area contributed by atoms with Gasteiger partial charge >= 0.3 is 0 Å². The van der Waals surface area contributed by atoms with Crippen molar-refractivity contribution in [1.29, 1.82) is 0 Å². The molecule has 8 heavy (non-hydrogen) atoms. The molecule has 0 aliphatic carbocycles. The molecule has 1 rings (SSSR count). The molecule has 0 amide bonds. The van der Waals surface area contributed by atoms with Gasteiger partial charge in [-0.2, -0.15) is 0 Å². The highest BCUT2D eigenvalue weighted by Crippen LogP contribution is 2.04. The van der Waals surface area contributed by atoms with E-state index >= 15 is 0 Å². The van der Waals surface area contributed by atoms with Crippen LogP contribution in [0.25, 0.3) is 0 Å². The highest BCUT2D eigenvalue weighted by Gasteiger charge is 2.07. The first kappa shape index (κ1) is 6.12. The lowest BCUT2D eigenvalue weighted by atomic mass is 10.3. The van der Waals surface area contributed by atoms with Gasteiger partial charge in [-0.3, -0.25) is 0 Å². The summed E-state index contributed by atoms with van der Waals surface area (Å²) in [6.45, 7) is 2.03. The van der Waals surface area contributed by atoms with Crippen molar-refractivity contribution in [2.24, 2.45) is 0 Å². The standard InChI is InChI=1S/C6H10ClN/c1-8-4-2-3-6(7)5-8/h2-3,6H,4-5H2,1H3/t6-/m1/s1. The molecule has 0 saturated carbocycles. The summed E-state index contributed by atoms with van der Waals surface area (Å²) >= 11 is 5.78. The van der Waals surface area contributed by atoms with E-state index in [4.69, 9.17) is 11.6 Å². The predicted octanol–water partition coefficient (Wildman–Crippen LogP) is 1.10. The molecule has 0 aromatic carbocycles. The number of alkyl halides is 1.